The number of ether oxygens (including phenoxy) is 1. The Bertz CT molecular complexity index is 370. The lowest BCUT2D eigenvalue weighted by Gasteiger charge is -2.09. The molecule has 15 heavy (non-hydrogen) atoms. The highest BCUT2D eigenvalue weighted by Gasteiger charge is 2.14. The fourth-order valence-electron chi connectivity index (χ4n) is 0.904. The smallest absolute Gasteiger partial charge is 0.349 e. The van der Waals surface area contributed by atoms with Gasteiger partial charge in [-0.2, -0.15) is 0 Å². The van der Waals surface area contributed by atoms with Crippen molar-refractivity contribution in [3.8, 4) is 0 Å². The zero-order valence-corrected chi connectivity index (χ0v) is 9.76. The molecule has 1 amide bonds. The Morgan fingerprint density at radius 3 is 2.60 bits per heavy atom. The molecule has 0 saturated heterocycles. The van der Waals surface area contributed by atoms with E-state index in [1.54, 1.807) is 14.1 Å². The molecule has 0 fully saturated rings. The fraction of sp³-hybridized carbons (Fsp3) is 0.400. The van der Waals surface area contributed by atoms with Crippen LogP contribution in [-0.2, 0) is 9.53 Å². The van der Waals surface area contributed by atoms with Gasteiger partial charge in [0.25, 0.3) is 5.91 Å². The normalized spacial score (nSPS) is 9.80. The van der Waals surface area contributed by atoms with Crippen molar-refractivity contribution in [2.75, 3.05) is 20.7 Å². The molecule has 1 rings (SSSR count). The standard InChI is InChI=1S/C10H13NO3S/c1-7-4-5-15-9(7)10(13)14-6-8(12)11(2)3/h4-5H,6H2,1-3H3. The average Bonchev–Trinajstić information content (AvgIpc) is 2.60. The number of hydrogen-bond donors (Lipinski definition) is 0. The third-order valence-corrected chi connectivity index (χ3v) is 2.87. The van der Waals surface area contributed by atoms with Gasteiger partial charge in [0.05, 0.1) is 0 Å². The average molecular weight is 227 g/mol. The first kappa shape index (κ1) is 11.7. The SMILES string of the molecule is Cc1ccsc1C(=O)OCC(=O)N(C)C. The van der Waals surface area contributed by atoms with Crippen LogP contribution in [0, 0.1) is 6.92 Å². The van der Waals surface area contributed by atoms with Gasteiger partial charge in [-0.15, -0.1) is 11.3 Å². The summed E-state index contributed by atoms with van der Waals surface area (Å²) < 4.78 is 4.87. The van der Waals surface area contributed by atoms with E-state index in [4.69, 9.17) is 4.74 Å². The molecule has 0 saturated carbocycles. The maximum atomic E-state index is 11.5. The third-order valence-electron chi connectivity index (χ3n) is 1.87. The number of thiophene rings is 1. The summed E-state index contributed by atoms with van der Waals surface area (Å²) in [5.41, 5.74) is 0.877. The zero-order valence-electron chi connectivity index (χ0n) is 8.94. The van der Waals surface area contributed by atoms with Crippen LogP contribution in [0.5, 0.6) is 0 Å². The van der Waals surface area contributed by atoms with Gasteiger partial charge in [-0.25, -0.2) is 4.79 Å². The van der Waals surface area contributed by atoms with Gasteiger partial charge in [-0.05, 0) is 23.9 Å². The Balaban J connectivity index is 2.51. The van der Waals surface area contributed by atoms with Crippen LogP contribution in [0.15, 0.2) is 11.4 Å². The number of carbonyl (C=O) groups excluding carboxylic acids is 2. The highest BCUT2D eigenvalue weighted by molar-refractivity contribution is 7.12. The highest BCUT2D eigenvalue weighted by Crippen LogP contribution is 2.16. The summed E-state index contributed by atoms with van der Waals surface area (Å²) in [6.07, 6.45) is 0. The molecule has 0 aromatic carbocycles. The molecule has 0 radical (unpaired) electrons. The van der Waals surface area contributed by atoms with E-state index < -0.39 is 5.97 Å². The Morgan fingerprint density at radius 1 is 1.47 bits per heavy atom. The minimum Gasteiger partial charge on any atom is -0.451 e. The number of esters is 1. The van der Waals surface area contributed by atoms with Gasteiger partial charge < -0.3 is 9.64 Å². The molecule has 1 aromatic heterocycles. The van der Waals surface area contributed by atoms with Crippen LogP contribution < -0.4 is 0 Å². The molecule has 1 aromatic rings. The van der Waals surface area contributed by atoms with E-state index in [1.165, 1.54) is 16.2 Å². The Morgan fingerprint density at radius 2 is 2.13 bits per heavy atom. The topological polar surface area (TPSA) is 46.6 Å². The zero-order chi connectivity index (χ0) is 11.4. The molecule has 0 unspecified atom stereocenters. The largest absolute Gasteiger partial charge is 0.451 e. The van der Waals surface area contributed by atoms with Gasteiger partial charge in [0.15, 0.2) is 6.61 Å². The molecule has 0 atom stereocenters. The van der Waals surface area contributed by atoms with Gasteiger partial charge in [-0.1, -0.05) is 0 Å². The molecular weight excluding hydrogens is 214 g/mol. The van der Waals surface area contributed by atoms with E-state index >= 15 is 0 Å². The Kier molecular flexibility index (Phi) is 3.85. The van der Waals surface area contributed by atoms with Crippen molar-refractivity contribution in [1.82, 2.24) is 4.90 Å². The van der Waals surface area contributed by atoms with E-state index in [-0.39, 0.29) is 12.5 Å². The summed E-state index contributed by atoms with van der Waals surface area (Å²) in [4.78, 5) is 24.6. The summed E-state index contributed by atoms with van der Waals surface area (Å²) in [5.74, 6) is -0.657. The van der Waals surface area contributed by atoms with E-state index in [9.17, 15) is 9.59 Å². The molecule has 0 N–H and O–H groups in total. The van der Waals surface area contributed by atoms with E-state index in [0.29, 0.717) is 4.88 Å². The monoisotopic (exact) mass is 227 g/mol. The summed E-state index contributed by atoms with van der Waals surface area (Å²) in [5, 5.41) is 1.82. The summed E-state index contributed by atoms with van der Waals surface area (Å²) >= 11 is 1.32. The van der Waals surface area contributed by atoms with Crippen molar-refractivity contribution >= 4 is 23.2 Å². The first-order chi connectivity index (χ1) is 7.02. The van der Waals surface area contributed by atoms with Crippen LogP contribution >= 0.6 is 11.3 Å². The molecule has 0 aliphatic heterocycles. The minimum absolute atomic E-state index is 0.205. The lowest BCUT2D eigenvalue weighted by molar-refractivity contribution is -0.131. The number of carbonyl (C=O) groups is 2. The Labute approximate surface area is 92.5 Å². The fourth-order valence-corrected chi connectivity index (χ4v) is 1.72. The number of likely N-dealkylation sites (N-methyl/N-ethyl adjacent to an activating group) is 1. The van der Waals surface area contributed by atoms with Crippen molar-refractivity contribution < 1.29 is 14.3 Å². The highest BCUT2D eigenvalue weighted by atomic mass is 32.1. The van der Waals surface area contributed by atoms with Crippen LogP contribution in [-0.4, -0.2) is 37.5 Å². The van der Waals surface area contributed by atoms with Crippen LogP contribution in [0.4, 0.5) is 0 Å². The lowest BCUT2D eigenvalue weighted by atomic mass is 10.3. The van der Waals surface area contributed by atoms with E-state index in [1.807, 2.05) is 18.4 Å². The lowest BCUT2D eigenvalue weighted by Crippen LogP contribution is -2.27. The molecule has 0 spiro atoms. The maximum absolute atomic E-state index is 11.5. The van der Waals surface area contributed by atoms with Crippen LogP contribution in [0.25, 0.3) is 0 Å². The quantitative estimate of drug-likeness (QED) is 0.731. The molecule has 0 aliphatic rings. The molecule has 82 valence electrons. The Hall–Kier alpha value is -1.36. The second-order valence-electron chi connectivity index (χ2n) is 3.30. The van der Waals surface area contributed by atoms with Gasteiger partial charge >= 0.3 is 5.97 Å². The molecular formula is C10H13NO3S. The summed E-state index contributed by atoms with van der Waals surface area (Å²) in [7, 11) is 3.24. The van der Waals surface area contributed by atoms with Gasteiger partial charge in [-0.3, -0.25) is 4.79 Å². The first-order valence-corrected chi connectivity index (χ1v) is 5.31. The van der Waals surface area contributed by atoms with Gasteiger partial charge in [0.1, 0.15) is 4.88 Å². The third kappa shape index (κ3) is 3.06. The van der Waals surface area contributed by atoms with Crippen LogP contribution in [0.3, 0.4) is 0 Å². The van der Waals surface area contributed by atoms with Crippen LogP contribution in [0.2, 0.25) is 0 Å². The molecule has 0 aliphatic carbocycles. The second-order valence-corrected chi connectivity index (χ2v) is 4.21. The van der Waals surface area contributed by atoms with Crippen molar-refractivity contribution in [1.29, 1.82) is 0 Å². The second kappa shape index (κ2) is 4.93. The minimum atomic E-state index is -0.433. The molecule has 0 bridgehead atoms. The van der Waals surface area contributed by atoms with Crippen molar-refractivity contribution in [2.45, 2.75) is 6.92 Å². The van der Waals surface area contributed by atoms with Crippen molar-refractivity contribution in [3.05, 3.63) is 21.9 Å². The summed E-state index contributed by atoms with van der Waals surface area (Å²) in [6.45, 7) is 1.63. The molecule has 5 heteroatoms. The predicted molar refractivity (Wildman–Crippen MR) is 58.0 cm³/mol. The number of amides is 1. The van der Waals surface area contributed by atoms with Crippen LogP contribution in [0.1, 0.15) is 15.2 Å². The molecule has 1 heterocycles. The number of hydrogen-bond acceptors (Lipinski definition) is 4. The predicted octanol–water partition coefficient (Wildman–Crippen LogP) is 1.30. The van der Waals surface area contributed by atoms with Crippen molar-refractivity contribution in [3.63, 3.8) is 0 Å². The van der Waals surface area contributed by atoms with E-state index in [0.717, 1.165) is 5.56 Å². The maximum Gasteiger partial charge on any atom is 0.349 e. The summed E-state index contributed by atoms with van der Waals surface area (Å²) in [6, 6.07) is 1.84. The number of aryl methyl sites for hydroxylation is 1. The molecule has 4 nitrogen and oxygen atoms in total. The van der Waals surface area contributed by atoms with Gasteiger partial charge in [0.2, 0.25) is 0 Å². The van der Waals surface area contributed by atoms with E-state index in [2.05, 4.69) is 0 Å². The van der Waals surface area contributed by atoms with Crippen molar-refractivity contribution in [2.24, 2.45) is 0 Å². The van der Waals surface area contributed by atoms with Gasteiger partial charge in [0, 0.05) is 14.1 Å². The first-order valence-electron chi connectivity index (χ1n) is 4.43. The number of nitrogens with zero attached hydrogens (tertiary/aromatic N) is 1. The number of rotatable bonds is 3.